The molecule has 2 amide bonds. The number of piperazine rings is 1. The molecule has 8 nitrogen and oxygen atoms in total. The van der Waals surface area contributed by atoms with Crippen molar-refractivity contribution in [1.82, 2.24) is 4.90 Å². The van der Waals surface area contributed by atoms with E-state index in [0.29, 0.717) is 12.4 Å². The molecule has 1 heterocycles. The number of benzene rings is 4. The standard InChI is InChI=1S/C37H42N2O6S/c1-37(2,3)45-36(41)38-23-31(25-44-33-17-14-27-10-5-6-11-28(27)22-33)39(35(40)24-38)30-15-18-32(19-16-30)43-20-9-21-46-26-29-12-7-8-13-34(29)42-4/h5-8,10-19,22,31H,9,20-21,23-26H2,1-4H3/t31-/m1/s1. The van der Waals surface area contributed by atoms with Gasteiger partial charge in [-0.15, -0.1) is 0 Å². The van der Waals surface area contributed by atoms with Gasteiger partial charge in [-0.25, -0.2) is 4.79 Å². The predicted molar refractivity (Wildman–Crippen MR) is 184 cm³/mol. The normalized spacial score (nSPS) is 15.1. The van der Waals surface area contributed by atoms with Gasteiger partial charge in [-0.3, -0.25) is 9.69 Å². The summed E-state index contributed by atoms with van der Waals surface area (Å²) in [4.78, 5) is 29.7. The molecule has 0 aromatic heterocycles. The summed E-state index contributed by atoms with van der Waals surface area (Å²) in [6.45, 7) is 6.43. The number of thioether (sulfide) groups is 1. The summed E-state index contributed by atoms with van der Waals surface area (Å²) in [5.41, 5.74) is 1.24. The van der Waals surface area contributed by atoms with Crippen LogP contribution in [0.2, 0.25) is 0 Å². The summed E-state index contributed by atoms with van der Waals surface area (Å²) in [6, 6.07) is 29.2. The number of amides is 2. The van der Waals surface area contributed by atoms with Crippen LogP contribution in [-0.2, 0) is 15.3 Å². The van der Waals surface area contributed by atoms with Crippen LogP contribution in [0.15, 0.2) is 91.0 Å². The lowest BCUT2D eigenvalue weighted by atomic mass is 10.1. The molecule has 46 heavy (non-hydrogen) atoms. The molecule has 1 aliphatic heterocycles. The molecule has 0 N–H and O–H groups in total. The monoisotopic (exact) mass is 642 g/mol. The number of para-hydroxylation sites is 1. The van der Waals surface area contributed by atoms with E-state index >= 15 is 0 Å². The summed E-state index contributed by atoms with van der Waals surface area (Å²) in [6.07, 6.45) is 0.391. The van der Waals surface area contributed by atoms with E-state index in [-0.39, 0.29) is 25.6 Å². The quantitative estimate of drug-likeness (QED) is 0.148. The summed E-state index contributed by atoms with van der Waals surface area (Å²) in [7, 11) is 1.70. The van der Waals surface area contributed by atoms with E-state index < -0.39 is 17.7 Å². The van der Waals surface area contributed by atoms with Crippen LogP contribution in [0.5, 0.6) is 17.2 Å². The number of nitrogens with zero attached hydrogens (tertiary/aromatic N) is 2. The Kier molecular flexibility index (Phi) is 11.0. The molecule has 4 aromatic carbocycles. The zero-order valence-electron chi connectivity index (χ0n) is 26.9. The molecule has 1 atom stereocenters. The Bertz CT molecular complexity index is 1620. The molecule has 0 aliphatic carbocycles. The fourth-order valence-corrected chi connectivity index (χ4v) is 6.22. The number of rotatable bonds is 12. The molecule has 9 heteroatoms. The number of carbonyl (C=O) groups excluding carboxylic acids is 2. The van der Waals surface area contributed by atoms with Crippen LogP contribution in [0.4, 0.5) is 10.5 Å². The summed E-state index contributed by atoms with van der Waals surface area (Å²) < 4.78 is 23.2. The van der Waals surface area contributed by atoms with E-state index in [0.717, 1.165) is 45.9 Å². The third-order valence-electron chi connectivity index (χ3n) is 7.47. The van der Waals surface area contributed by atoms with Crippen molar-refractivity contribution in [1.29, 1.82) is 0 Å². The highest BCUT2D eigenvalue weighted by molar-refractivity contribution is 7.98. The second-order valence-electron chi connectivity index (χ2n) is 12.2. The molecule has 0 unspecified atom stereocenters. The molecule has 5 rings (SSSR count). The first-order valence-corrected chi connectivity index (χ1v) is 16.7. The van der Waals surface area contributed by atoms with Gasteiger partial charge in [0.15, 0.2) is 0 Å². The smallest absolute Gasteiger partial charge is 0.410 e. The number of hydrogen-bond acceptors (Lipinski definition) is 7. The third kappa shape index (κ3) is 8.88. The fourth-order valence-electron chi connectivity index (χ4n) is 5.30. The lowest BCUT2D eigenvalue weighted by molar-refractivity contribution is -0.122. The van der Waals surface area contributed by atoms with Gasteiger partial charge in [-0.1, -0.05) is 48.5 Å². The number of fused-ring (bicyclic) bond motifs is 1. The maximum absolute atomic E-state index is 13.6. The Balaban J connectivity index is 1.20. The zero-order valence-corrected chi connectivity index (χ0v) is 27.8. The largest absolute Gasteiger partial charge is 0.496 e. The predicted octanol–water partition coefficient (Wildman–Crippen LogP) is 7.58. The van der Waals surface area contributed by atoms with E-state index in [1.165, 1.54) is 10.5 Å². The second kappa shape index (κ2) is 15.3. The number of carbonyl (C=O) groups is 2. The molecule has 1 saturated heterocycles. The van der Waals surface area contributed by atoms with Crippen LogP contribution in [0.25, 0.3) is 10.8 Å². The van der Waals surface area contributed by atoms with Gasteiger partial charge in [0, 0.05) is 23.5 Å². The van der Waals surface area contributed by atoms with Gasteiger partial charge >= 0.3 is 6.09 Å². The van der Waals surface area contributed by atoms with E-state index in [2.05, 4.69) is 12.1 Å². The van der Waals surface area contributed by atoms with Gasteiger partial charge in [-0.2, -0.15) is 11.8 Å². The number of ether oxygens (including phenoxy) is 4. The van der Waals surface area contributed by atoms with Gasteiger partial charge in [0.05, 0.1) is 19.8 Å². The van der Waals surface area contributed by atoms with E-state index in [4.69, 9.17) is 18.9 Å². The van der Waals surface area contributed by atoms with Crippen molar-refractivity contribution in [3.8, 4) is 17.2 Å². The molecular formula is C37H42N2O6S. The molecule has 1 fully saturated rings. The zero-order chi connectivity index (χ0) is 32.5. The molecule has 242 valence electrons. The fraction of sp³-hybridized carbons (Fsp3) is 0.351. The lowest BCUT2D eigenvalue weighted by Crippen LogP contribution is -2.60. The van der Waals surface area contributed by atoms with Crippen molar-refractivity contribution in [3.05, 3.63) is 96.6 Å². The molecular weight excluding hydrogens is 600 g/mol. The summed E-state index contributed by atoms with van der Waals surface area (Å²) in [5, 5.41) is 2.19. The molecule has 0 bridgehead atoms. The van der Waals surface area contributed by atoms with Crippen LogP contribution >= 0.6 is 11.8 Å². The van der Waals surface area contributed by atoms with Gasteiger partial charge in [0.2, 0.25) is 5.91 Å². The van der Waals surface area contributed by atoms with Crippen molar-refractivity contribution in [2.75, 3.05) is 44.1 Å². The first-order valence-electron chi connectivity index (χ1n) is 15.5. The highest BCUT2D eigenvalue weighted by atomic mass is 32.2. The van der Waals surface area contributed by atoms with Crippen molar-refractivity contribution in [2.45, 2.75) is 44.6 Å². The highest BCUT2D eigenvalue weighted by Crippen LogP contribution is 2.28. The van der Waals surface area contributed by atoms with Crippen LogP contribution in [-0.4, -0.2) is 67.7 Å². The van der Waals surface area contributed by atoms with Crippen LogP contribution in [0, 0.1) is 0 Å². The summed E-state index contributed by atoms with van der Waals surface area (Å²) in [5.74, 6) is 4.00. The Morgan fingerprint density at radius 1 is 0.891 bits per heavy atom. The highest BCUT2D eigenvalue weighted by Gasteiger charge is 2.38. The Morgan fingerprint density at radius 2 is 1.61 bits per heavy atom. The second-order valence-corrected chi connectivity index (χ2v) is 13.3. The van der Waals surface area contributed by atoms with Gasteiger partial charge in [0.1, 0.15) is 36.0 Å². The number of anilines is 1. The van der Waals surface area contributed by atoms with Crippen molar-refractivity contribution in [3.63, 3.8) is 0 Å². The Hall–Kier alpha value is -4.37. The Labute approximate surface area is 275 Å². The van der Waals surface area contributed by atoms with Gasteiger partial charge in [-0.05, 0) is 86.2 Å². The van der Waals surface area contributed by atoms with Gasteiger partial charge in [0.25, 0.3) is 0 Å². The van der Waals surface area contributed by atoms with E-state index in [9.17, 15) is 9.59 Å². The van der Waals surface area contributed by atoms with Crippen molar-refractivity contribution >= 4 is 40.2 Å². The van der Waals surface area contributed by atoms with Crippen molar-refractivity contribution in [2.24, 2.45) is 0 Å². The molecule has 0 saturated carbocycles. The molecule has 0 spiro atoms. The molecule has 0 radical (unpaired) electrons. The average Bonchev–Trinajstić information content (AvgIpc) is 3.05. The van der Waals surface area contributed by atoms with Crippen molar-refractivity contribution < 1.29 is 28.5 Å². The van der Waals surface area contributed by atoms with E-state index in [1.54, 1.807) is 12.0 Å². The minimum atomic E-state index is -0.668. The van der Waals surface area contributed by atoms with Crippen LogP contribution < -0.4 is 19.1 Å². The number of hydrogen-bond donors (Lipinski definition) is 0. The first-order chi connectivity index (χ1) is 22.2. The number of methoxy groups -OCH3 is 1. The first kappa shape index (κ1) is 33.0. The SMILES string of the molecule is COc1ccccc1CSCCCOc1ccc(N2C(=O)CN(C(=O)OC(C)(C)C)C[C@@H]2COc2ccc3ccccc3c2)cc1. The maximum Gasteiger partial charge on any atom is 0.410 e. The van der Waals surface area contributed by atoms with E-state index in [1.807, 2.05) is 111 Å². The van der Waals surface area contributed by atoms with Gasteiger partial charge < -0.3 is 23.8 Å². The third-order valence-corrected chi connectivity index (χ3v) is 8.57. The minimum Gasteiger partial charge on any atom is -0.496 e. The maximum atomic E-state index is 13.6. The molecule has 4 aromatic rings. The average molecular weight is 643 g/mol. The molecule has 1 aliphatic rings. The summed E-state index contributed by atoms with van der Waals surface area (Å²) >= 11 is 1.85. The van der Waals surface area contributed by atoms with Crippen LogP contribution in [0.1, 0.15) is 32.8 Å². The topological polar surface area (TPSA) is 77.5 Å². The van der Waals surface area contributed by atoms with Crippen LogP contribution in [0.3, 0.4) is 0 Å². The lowest BCUT2D eigenvalue weighted by Gasteiger charge is -2.41. The Morgan fingerprint density at radius 3 is 2.37 bits per heavy atom. The minimum absolute atomic E-state index is 0.0772.